The summed E-state index contributed by atoms with van der Waals surface area (Å²) in [5.41, 5.74) is 0. The molecule has 0 aromatic carbocycles. The molecule has 0 fully saturated rings. The van der Waals surface area contributed by atoms with Crippen molar-refractivity contribution in [3.05, 3.63) is 6.92 Å². The lowest BCUT2D eigenvalue weighted by atomic mass is 10.1. The number of rotatable bonds is 5. The van der Waals surface area contributed by atoms with E-state index in [4.69, 9.17) is 4.74 Å². The predicted octanol–water partition coefficient (Wildman–Crippen LogP) is 2.19. The third-order valence-corrected chi connectivity index (χ3v) is 1.65. The summed E-state index contributed by atoms with van der Waals surface area (Å²) in [7, 11) is 0. The maximum atomic E-state index is 11.0. The van der Waals surface area contributed by atoms with Gasteiger partial charge in [-0.05, 0) is 12.8 Å². The van der Waals surface area contributed by atoms with Gasteiger partial charge in [0, 0.05) is 0 Å². The molecule has 0 aliphatic carbocycles. The van der Waals surface area contributed by atoms with E-state index in [1.54, 1.807) is 0 Å². The second-order valence-corrected chi connectivity index (χ2v) is 2.68. The molecule has 0 bridgehead atoms. The molecule has 1 unspecified atom stereocenters. The normalized spacial score (nSPS) is 12.6. The van der Waals surface area contributed by atoms with Gasteiger partial charge in [0.1, 0.15) is 0 Å². The Morgan fingerprint density at radius 3 is 2.73 bits per heavy atom. The molecule has 2 heteroatoms. The van der Waals surface area contributed by atoms with Gasteiger partial charge < -0.3 is 4.74 Å². The van der Waals surface area contributed by atoms with E-state index in [9.17, 15) is 4.79 Å². The molecule has 0 aromatic heterocycles. The Kier molecular flexibility index (Phi) is 5.90. The number of unbranched alkanes of at least 4 members (excludes halogenated alkanes) is 1. The minimum Gasteiger partial charge on any atom is -0.465 e. The van der Waals surface area contributed by atoms with Gasteiger partial charge in [-0.2, -0.15) is 0 Å². The van der Waals surface area contributed by atoms with E-state index in [0.29, 0.717) is 6.61 Å². The van der Waals surface area contributed by atoms with Gasteiger partial charge in [0.15, 0.2) is 0 Å². The Morgan fingerprint density at radius 2 is 2.27 bits per heavy atom. The van der Waals surface area contributed by atoms with E-state index in [2.05, 4.69) is 6.92 Å². The molecular formula is C9H17O2. The molecule has 0 rings (SSSR count). The van der Waals surface area contributed by atoms with Gasteiger partial charge in [-0.25, -0.2) is 0 Å². The van der Waals surface area contributed by atoms with Crippen LogP contribution in [-0.2, 0) is 9.53 Å². The van der Waals surface area contributed by atoms with Crippen LogP contribution >= 0.6 is 0 Å². The number of carbonyl (C=O) groups excluding carboxylic acids is 1. The van der Waals surface area contributed by atoms with Gasteiger partial charge in [-0.3, -0.25) is 4.79 Å². The maximum absolute atomic E-state index is 11.0. The highest BCUT2D eigenvalue weighted by atomic mass is 16.5. The van der Waals surface area contributed by atoms with Crippen molar-refractivity contribution in [2.75, 3.05) is 6.61 Å². The van der Waals surface area contributed by atoms with Crippen LogP contribution in [0.25, 0.3) is 0 Å². The smallest absolute Gasteiger partial charge is 0.308 e. The van der Waals surface area contributed by atoms with Crippen LogP contribution < -0.4 is 0 Å². The Labute approximate surface area is 68.9 Å². The number of hydrogen-bond donors (Lipinski definition) is 0. The van der Waals surface area contributed by atoms with E-state index in [1.807, 2.05) is 13.8 Å². The minimum absolute atomic E-state index is 0.0415. The summed E-state index contributed by atoms with van der Waals surface area (Å²) in [6, 6.07) is 0. The molecule has 0 amide bonds. The summed E-state index contributed by atoms with van der Waals surface area (Å²) in [6.45, 7) is 8.04. The standard InChI is InChI=1S/C9H17O2/c1-4-6-7-11-9(10)8(3)5-2/h8H,1,4-7H2,2-3H3. The molecule has 0 N–H and O–H groups in total. The van der Waals surface area contributed by atoms with Gasteiger partial charge in [0.25, 0.3) is 0 Å². The molecule has 0 spiro atoms. The first-order chi connectivity index (χ1) is 5.22. The second kappa shape index (κ2) is 6.20. The molecule has 0 aliphatic rings. The highest BCUT2D eigenvalue weighted by Gasteiger charge is 2.10. The molecule has 0 aromatic rings. The first-order valence-corrected chi connectivity index (χ1v) is 4.18. The molecule has 65 valence electrons. The Balaban J connectivity index is 3.36. The molecule has 1 atom stereocenters. The summed E-state index contributed by atoms with van der Waals surface area (Å²) < 4.78 is 4.96. The fourth-order valence-electron chi connectivity index (χ4n) is 0.584. The first-order valence-electron chi connectivity index (χ1n) is 4.18. The summed E-state index contributed by atoms with van der Waals surface area (Å²) in [5, 5.41) is 0. The van der Waals surface area contributed by atoms with Crippen molar-refractivity contribution in [3.8, 4) is 0 Å². The summed E-state index contributed by atoms with van der Waals surface area (Å²) in [5.74, 6) is -0.0410. The average molecular weight is 157 g/mol. The van der Waals surface area contributed by atoms with Crippen molar-refractivity contribution < 1.29 is 9.53 Å². The molecule has 2 nitrogen and oxygen atoms in total. The van der Waals surface area contributed by atoms with Crippen LogP contribution in [0.5, 0.6) is 0 Å². The van der Waals surface area contributed by atoms with E-state index < -0.39 is 0 Å². The third-order valence-electron chi connectivity index (χ3n) is 1.65. The quantitative estimate of drug-likeness (QED) is 0.451. The Hall–Kier alpha value is -0.530. The number of hydrogen-bond acceptors (Lipinski definition) is 2. The minimum atomic E-state index is -0.0825. The SMILES string of the molecule is [CH2]CCCOC(=O)C(C)CC. The average Bonchev–Trinajstić information content (AvgIpc) is 2.03. The lowest BCUT2D eigenvalue weighted by Gasteiger charge is -2.07. The van der Waals surface area contributed by atoms with Gasteiger partial charge >= 0.3 is 5.97 Å². The topological polar surface area (TPSA) is 26.3 Å². The van der Waals surface area contributed by atoms with E-state index in [0.717, 1.165) is 19.3 Å². The molecule has 11 heavy (non-hydrogen) atoms. The van der Waals surface area contributed by atoms with Crippen LogP contribution in [0, 0.1) is 12.8 Å². The van der Waals surface area contributed by atoms with Crippen LogP contribution in [-0.4, -0.2) is 12.6 Å². The van der Waals surface area contributed by atoms with Gasteiger partial charge in [0.2, 0.25) is 0 Å². The van der Waals surface area contributed by atoms with Crippen LogP contribution in [0.4, 0.5) is 0 Å². The first kappa shape index (κ1) is 10.5. The molecule has 0 aliphatic heterocycles. The summed E-state index contributed by atoms with van der Waals surface area (Å²) >= 11 is 0. The number of esters is 1. The zero-order valence-corrected chi connectivity index (χ0v) is 7.43. The lowest BCUT2D eigenvalue weighted by Crippen LogP contribution is -2.14. The van der Waals surface area contributed by atoms with Crippen molar-refractivity contribution >= 4 is 5.97 Å². The van der Waals surface area contributed by atoms with Gasteiger partial charge in [0.05, 0.1) is 12.5 Å². The van der Waals surface area contributed by atoms with Gasteiger partial charge in [-0.15, -0.1) is 0 Å². The van der Waals surface area contributed by atoms with Crippen LogP contribution in [0.1, 0.15) is 33.1 Å². The number of carbonyl (C=O) groups is 1. The zero-order chi connectivity index (χ0) is 8.69. The maximum Gasteiger partial charge on any atom is 0.308 e. The third kappa shape index (κ3) is 4.82. The van der Waals surface area contributed by atoms with Crippen molar-refractivity contribution in [3.63, 3.8) is 0 Å². The van der Waals surface area contributed by atoms with Crippen LogP contribution in [0.3, 0.4) is 0 Å². The van der Waals surface area contributed by atoms with E-state index in [-0.39, 0.29) is 11.9 Å². The highest BCUT2D eigenvalue weighted by Crippen LogP contribution is 2.03. The molecule has 1 radical (unpaired) electrons. The van der Waals surface area contributed by atoms with Crippen molar-refractivity contribution in [2.45, 2.75) is 33.1 Å². The molecular weight excluding hydrogens is 140 g/mol. The monoisotopic (exact) mass is 157 g/mol. The summed E-state index contributed by atoms with van der Waals surface area (Å²) in [4.78, 5) is 11.0. The lowest BCUT2D eigenvalue weighted by molar-refractivity contribution is -0.148. The Morgan fingerprint density at radius 1 is 1.64 bits per heavy atom. The largest absolute Gasteiger partial charge is 0.465 e. The van der Waals surface area contributed by atoms with Crippen molar-refractivity contribution in [1.82, 2.24) is 0 Å². The summed E-state index contributed by atoms with van der Waals surface area (Å²) in [6.07, 6.45) is 2.54. The van der Waals surface area contributed by atoms with E-state index >= 15 is 0 Å². The second-order valence-electron chi connectivity index (χ2n) is 2.68. The van der Waals surface area contributed by atoms with Crippen LogP contribution in [0.15, 0.2) is 0 Å². The highest BCUT2D eigenvalue weighted by molar-refractivity contribution is 5.71. The fraction of sp³-hybridized carbons (Fsp3) is 0.778. The molecule has 0 saturated heterocycles. The van der Waals surface area contributed by atoms with Gasteiger partial charge in [-0.1, -0.05) is 27.2 Å². The van der Waals surface area contributed by atoms with Crippen molar-refractivity contribution in [1.29, 1.82) is 0 Å². The van der Waals surface area contributed by atoms with Crippen LogP contribution in [0.2, 0.25) is 0 Å². The van der Waals surface area contributed by atoms with E-state index in [1.165, 1.54) is 0 Å². The molecule has 0 saturated carbocycles. The Bertz CT molecular complexity index is 110. The zero-order valence-electron chi connectivity index (χ0n) is 7.43. The predicted molar refractivity (Wildman–Crippen MR) is 45.0 cm³/mol. The van der Waals surface area contributed by atoms with Crippen molar-refractivity contribution in [2.24, 2.45) is 5.92 Å². The molecule has 0 heterocycles. The number of ether oxygens (including phenoxy) is 1. The fourth-order valence-corrected chi connectivity index (χ4v) is 0.584.